The maximum absolute atomic E-state index is 11.3. The molecule has 0 aromatic carbocycles. The molecule has 0 heterocycles. The van der Waals surface area contributed by atoms with Gasteiger partial charge in [-0.15, -0.1) is 0 Å². The highest BCUT2D eigenvalue weighted by atomic mass is 32.2. The number of carbonyl (C=O) groups is 1. The molecule has 1 saturated carbocycles. The summed E-state index contributed by atoms with van der Waals surface area (Å²) in [6.07, 6.45) is 2.54. The van der Waals surface area contributed by atoms with Crippen LogP contribution in [0.3, 0.4) is 0 Å². The lowest BCUT2D eigenvalue weighted by molar-refractivity contribution is -0.120. The van der Waals surface area contributed by atoms with Gasteiger partial charge in [-0.1, -0.05) is 0 Å². The van der Waals surface area contributed by atoms with Gasteiger partial charge in [-0.25, -0.2) is 0 Å². The largest absolute Gasteiger partial charge is 0.353 e. The Hall–Kier alpha value is -0.420. The molecule has 0 aromatic rings. The van der Waals surface area contributed by atoms with Crippen molar-refractivity contribution in [3.05, 3.63) is 0 Å². The van der Waals surface area contributed by atoms with Gasteiger partial charge in [0.15, 0.2) is 0 Å². The molecule has 1 aliphatic rings. The predicted octanol–water partition coefficient (Wildman–Crippen LogP) is -0.249. The van der Waals surface area contributed by atoms with Crippen LogP contribution in [0.2, 0.25) is 0 Å². The molecule has 2 atom stereocenters. The van der Waals surface area contributed by atoms with Gasteiger partial charge in [-0.2, -0.15) is 0 Å². The Bertz CT molecular complexity index is 211. The van der Waals surface area contributed by atoms with E-state index in [0.29, 0.717) is 24.0 Å². The van der Waals surface area contributed by atoms with E-state index in [1.165, 1.54) is 0 Å². The van der Waals surface area contributed by atoms with Crippen LogP contribution in [0.4, 0.5) is 0 Å². The third-order valence-corrected chi connectivity index (χ3v) is 3.51. The van der Waals surface area contributed by atoms with Crippen LogP contribution in [-0.4, -0.2) is 33.7 Å². The quantitative estimate of drug-likeness (QED) is 0.646. The van der Waals surface area contributed by atoms with E-state index < -0.39 is 10.8 Å². The van der Waals surface area contributed by atoms with Crippen LogP contribution in [0.1, 0.15) is 26.2 Å². The lowest BCUT2D eigenvalue weighted by atomic mass is 10.4. The fourth-order valence-corrected chi connectivity index (χ4v) is 2.28. The maximum Gasteiger partial charge on any atom is 0.221 e. The van der Waals surface area contributed by atoms with Gasteiger partial charge in [0.25, 0.3) is 0 Å². The second-order valence-corrected chi connectivity index (χ2v) is 5.50. The average Bonchev–Trinajstić information content (AvgIpc) is 2.83. The van der Waals surface area contributed by atoms with Crippen LogP contribution in [0.5, 0.6) is 0 Å². The first-order valence-corrected chi connectivity index (χ1v) is 6.46. The smallest absolute Gasteiger partial charge is 0.221 e. The fraction of sp³-hybridized carbons (Fsp3) is 0.889. The molecule has 3 N–H and O–H groups in total. The molecule has 0 saturated heterocycles. The highest BCUT2D eigenvalue weighted by molar-refractivity contribution is 7.85. The SMILES string of the molecule is CC(N)CS(=O)CCC(=O)NC1CC1. The Balaban J connectivity index is 2.06. The molecule has 2 unspecified atom stereocenters. The first-order valence-electron chi connectivity index (χ1n) is 4.98. The first-order chi connectivity index (χ1) is 6.58. The minimum atomic E-state index is -0.951. The number of hydrogen-bond acceptors (Lipinski definition) is 3. The zero-order valence-electron chi connectivity index (χ0n) is 8.49. The molecule has 0 bridgehead atoms. The van der Waals surface area contributed by atoms with E-state index >= 15 is 0 Å². The first kappa shape index (κ1) is 11.7. The van der Waals surface area contributed by atoms with Crippen molar-refractivity contribution >= 4 is 16.7 Å². The molecule has 1 rings (SSSR count). The number of carbonyl (C=O) groups excluding carboxylic acids is 1. The second kappa shape index (κ2) is 5.46. The van der Waals surface area contributed by atoms with Gasteiger partial charge in [0, 0.05) is 40.8 Å². The average molecular weight is 218 g/mol. The minimum Gasteiger partial charge on any atom is -0.353 e. The molecule has 1 aliphatic carbocycles. The van der Waals surface area contributed by atoms with Crippen molar-refractivity contribution in [3.63, 3.8) is 0 Å². The molecule has 14 heavy (non-hydrogen) atoms. The molecule has 82 valence electrons. The molecule has 0 spiro atoms. The van der Waals surface area contributed by atoms with E-state index in [9.17, 15) is 9.00 Å². The van der Waals surface area contributed by atoms with Crippen LogP contribution in [0, 0.1) is 0 Å². The van der Waals surface area contributed by atoms with Gasteiger partial charge >= 0.3 is 0 Å². The normalized spacial score (nSPS) is 20.1. The zero-order valence-corrected chi connectivity index (χ0v) is 9.31. The van der Waals surface area contributed by atoms with Gasteiger partial charge in [-0.3, -0.25) is 9.00 Å². The van der Waals surface area contributed by atoms with Gasteiger partial charge in [-0.05, 0) is 19.8 Å². The molecular formula is C9H18N2O2S. The van der Waals surface area contributed by atoms with Crippen molar-refractivity contribution < 1.29 is 9.00 Å². The summed E-state index contributed by atoms with van der Waals surface area (Å²) in [6.45, 7) is 1.82. The lowest BCUT2D eigenvalue weighted by Crippen LogP contribution is -2.29. The summed E-state index contributed by atoms with van der Waals surface area (Å²) in [5.74, 6) is 0.932. The Morgan fingerprint density at radius 1 is 1.64 bits per heavy atom. The number of hydrogen-bond donors (Lipinski definition) is 2. The standard InChI is InChI=1S/C9H18N2O2S/c1-7(10)6-14(13)5-4-9(12)11-8-2-3-8/h7-8H,2-6,10H2,1H3,(H,11,12). The molecule has 0 aliphatic heterocycles. The number of nitrogens with two attached hydrogens (primary N) is 1. The number of nitrogens with one attached hydrogen (secondary N) is 1. The Morgan fingerprint density at radius 2 is 2.29 bits per heavy atom. The van der Waals surface area contributed by atoms with Crippen LogP contribution in [0.25, 0.3) is 0 Å². The minimum absolute atomic E-state index is 0.0190. The van der Waals surface area contributed by atoms with E-state index in [1.54, 1.807) is 0 Å². The van der Waals surface area contributed by atoms with Gasteiger partial charge in [0.05, 0.1) is 0 Å². The summed E-state index contributed by atoms with van der Waals surface area (Å²) in [7, 11) is -0.951. The molecular weight excluding hydrogens is 200 g/mol. The molecule has 1 amide bonds. The molecule has 1 fully saturated rings. The lowest BCUT2D eigenvalue weighted by Gasteiger charge is -2.05. The predicted molar refractivity (Wildman–Crippen MR) is 57.3 cm³/mol. The summed E-state index contributed by atoms with van der Waals surface area (Å²) in [6, 6.07) is 0.340. The van der Waals surface area contributed by atoms with E-state index in [-0.39, 0.29) is 11.9 Å². The summed E-state index contributed by atoms with van der Waals surface area (Å²) in [5, 5.41) is 2.86. The highest BCUT2D eigenvalue weighted by Crippen LogP contribution is 2.18. The van der Waals surface area contributed by atoms with Gasteiger partial charge in [0.1, 0.15) is 0 Å². The second-order valence-electron chi connectivity index (χ2n) is 3.88. The Labute approximate surface area is 87.1 Å². The summed E-state index contributed by atoms with van der Waals surface area (Å²) >= 11 is 0. The van der Waals surface area contributed by atoms with Gasteiger partial charge < -0.3 is 11.1 Å². The molecule has 0 aromatic heterocycles. The van der Waals surface area contributed by atoms with Crippen LogP contribution >= 0.6 is 0 Å². The van der Waals surface area contributed by atoms with E-state index in [0.717, 1.165) is 12.8 Å². The van der Waals surface area contributed by atoms with E-state index in [4.69, 9.17) is 5.73 Å². The summed E-state index contributed by atoms with van der Waals surface area (Å²) in [4.78, 5) is 11.2. The van der Waals surface area contributed by atoms with Crippen molar-refractivity contribution in [3.8, 4) is 0 Å². The van der Waals surface area contributed by atoms with Crippen molar-refractivity contribution in [1.29, 1.82) is 0 Å². The third kappa shape index (κ3) is 5.34. The van der Waals surface area contributed by atoms with Crippen LogP contribution in [0.15, 0.2) is 0 Å². The van der Waals surface area contributed by atoms with Crippen molar-refractivity contribution in [2.75, 3.05) is 11.5 Å². The van der Waals surface area contributed by atoms with Crippen molar-refractivity contribution in [2.24, 2.45) is 5.73 Å². The zero-order chi connectivity index (χ0) is 10.6. The number of rotatable bonds is 6. The Kier molecular flexibility index (Phi) is 4.54. The molecule has 4 nitrogen and oxygen atoms in total. The van der Waals surface area contributed by atoms with Crippen LogP contribution < -0.4 is 11.1 Å². The molecule has 0 radical (unpaired) electrons. The maximum atomic E-state index is 11.3. The van der Waals surface area contributed by atoms with Crippen molar-refractivity contribution in [1.82, 2.24) is 5.32 Å². The number of amides is 1. The van der Waals surface area contributed by atoms with E-state index in [2.05, 4.69) is 5.32 Å². The fourth-order valence-electron chi connectivity index (χ4n) is 1.11. The van der Waals surface area contributed by atoms with E-state index in [1.807, 2.05) is 6.92 Å². The summed E-state index contributed by atoms with van der Waals surface area (Å²) in [5.41, 5.74) is 5.50. The summed E-state index contributed by atoms with van der Waals surface area (Å²) < 4.78 is 11.3. The third-order valence-electron chi connectivity index (χ3n) is 1.95. The van der Waals surface area contributed by atoms with Gasteiger partial charge in [0.2, 0.25) is 5.91 Å². The molecule has 5 heteroatoms. The van der Waals surface area contributed by atoms with Crippen molar-refractivity contribution in [2.45, 2.75) is 38.3 Å². The topological polar surface area (TPSA) is 72.2 Å². The van der Waals surface area contributed by atoms with Crippen LogP contribution in [-0.2, 0) is 15.6 Å². The monoisotopic (exact) mass is 218 g/mol. The Morgan fingerprint density at radius 3 is 2.79 bits per heavy atom. The highest BCUT2D eigenvalue weighted by Gasteiger charge is 2.23.